The van der Waals surface area contributed by atoms with Crippen molar-refractivity contribution in [2.75, 3.05) is 7.11 Å². The molecule has 1 aliphatic heterocycles. The van der Waals surface area contributed by atoms with E-state index in [1.165, 1.54) is 57.3 Å². The molecule has 4 N–H and O–H groups in total. The molecule has 1 atom stereocenters. The van der Waals surface area contributed by atoms with E-state index < -0.39 is 0 Å². The molecule has 1 heterocycles. The molecular formula is C37H48N2O4. The van der Waals surface area contributed by atoms with E-state index in [0.717, 1.165) is 48.0 Å². The average molecular weight is 585 g/mol. The molecule has 230 valence electrons. The van der Waals surface area contributed by atoms with Crippen molar-refractivity contribution < 1.29 is 19.4 Å². The van der Waals surface area contributed by atoms with Crippen molar-refractivity contribution in [3.63, 3.8) is 0 Å². The van der Waals surface area contributed by atoms with E-state index >= 15 is 0 Å². The number of Topliss-reactive ketones (excluding diaryl/α,β-unsaturated/α-hetero) is 1. The highest BCUT2D eigenvalue weighted by Gasteiger charge is 2.32. The number of ketones is 2. The van der Waals surface area contributed by atoms with Gasteiger partial charge in [-0.2, -0.15) is 0 Å². The zero-order valence-electron chi connectivity index (χ0n) is 25.9. The van der Waals surface area contributed by atoms with E-state index in [2.05, 4.69) is 24.4 Å². The number of rotatable bonds is 16. The predicted octanol–water partition coefficient (Wildman–Crippen LogP) is 7.35. The van der Waals surface area contributed by atoms with Crippen molar-refractivity contribution in [2.24, 2.45) is 11.1 Å². The number of phenolic OH excluding ortho intramolecular Hbond substituents is 1. The van der Waals surface area contributed by atoms with Gasteiger partial charge in [0.2, 0.25) is 0 Å². The second-order valence-electron chi connectivity index (χ2n) is 12.3. The molecule has 2 aromatic carbocycles. The summed E-state index contributed by atoms with van der Waals surface area (Å²) in [7, 11) is 1.50. The Bertz CT molecular complexity index is 1340. The van der Waals surface area contributed by atoms with E-state index in [4.69, 9.17) is 10.5 Å². The van der Waals surface area contributed by atoms with Crippen LogP contribution < -0.4 is 15.8 Å². The molecule has 6 heteroatoms. The molecule has 1 fully saturated rings. The first-order valence-corrected chi connectivity index (χ1v) is 15.9. The molecule has 0 spiro atoms. The summed E-state index contributed by atoms with van der Waals surface area (Å²) in [5, 5.41) is 13.8. The summed E-state index contributed by atoms with van der Waals surface area (Å²) in [6.45, 7) is 2.24. The van der Waals surface area contributed by atoms with Crippen molar-refractivity contribution in [1.29, 1.82) is 0 Å². The average Bonchev–Trinajstić information content (AvgIpc) is 3.45. The van der Waals surface area contributed by atoms with E-state index in [1.54, 1.807) is 18.2 Å². The zero-order chi connectivity index (χ0) is 30.7. The van der Waals surface area contributed by atoms with Gasteiger partial charge in [-0.3, -0.25) is 9.59 Å². The molecule has 0 amide bonds. The Hall–Kier alpha value is -3.64. The van der Waals surface area contributed by atoms with Gasteiger partial charge in [0.05, 0.1) is 19.7 Å². The summed E-state index contributed by atoms with van der Waals surface area (Å²) < 4.78 is 5.36. The van der Waals surface area contributed by atoms with Gasteiger partial charge < -0.3 is 20.9 Å². The number of carbonyl (C=O) groups excluding carboxylic acids is 2. The second kappa shape index (κ2) is 15.7. The number of hydrogen-bond donors (Lipinski definition) is 3. The van der Waals surface area contributed by atoms with Crippen LogP contribution in [0.5, 0.6) is 11.5 Å². The van der Waals surface area contributed by atoms with Crippen molar-refractivity contribution >= 4 is 17.6 Å². The van der Waals surface area contributed by atoms with Gasteiger partial charge in [0.1, 0.15) is 5.78 Å². The lowest BCUT2D eigenvalue weighted by Gasteiger charge is -2.28. The first-order valence-electron chi connectivity index (χ1n) is 15.9. The van der Waals surface area contributed by atoms with Crippen LogP contribution in [0.3, 0.4) is 0 Å². The van der Waals surface area contributed by atoms with Crippen LogP contribution in [0.25, 0.3) is 6.08 Å². The van der Waals surface area contributed by atoms with Crippen LogP contribution in [0, 0.1) is 5.41 Å². The lowest BCUT2D eigenvalue weighted by Crippen LogP contribution is -2.35. The van der Waals surface area contributed by atoms with Crippen LogP contribution in [0.4, 0.5) is 0 Å². The number of carbonyl (C=O) groups is 2. The molecule has 0 bridgehead atoms. The number of phenols is 1. The van der Waals surface area contributed by atoms with Crippen molar-refractivity contribution in [1.82, 2.24) is 5.32 Å². The van der Waals surface area contributed by atoms with Crippen LogP contribution in [0.15, 0.2) is 72.0 Å². The summed E-state index contributed by atoms with van der Waals surface area (Å²) in [5.74, 6) is 0.165. The van der Waals surface area contributed by atoms with Gasteiger partial charge in [-0.05, 0) is 109 Å². The third-order valence-corrected chi connectivity index (χ3v) is 9.02. The zero-order valence-corrected chi connectivity index (χ0v) is 25.9. The highest BCUT2D eigenvalue weighted by molar-refractivity contribution is 6.06. The number of nitrogens with two attached hydrogens (primary N) is 1. The third-order valence-electron chi connectivity index (χ3n) is 9.02. The van der Waals surface area contributed by atoms with Crippen LogP contribution in [0.1, 0.15) is 94.2 Å². The predicted molar refractivity (Wildman–Crippen MR) is 174 cm³/mol. The van der Waals surface area contributed by atoms with Crippen molar-refractivity contribution in [3.8, 4) is 11.5 Å². The smallest absolute Gasteiger partial charge is 0.163 e. The third kappa shape index (κ3) is 9.42. The Morgan fingerprint density at radius 1 is 1.09 bits per heavy atom. The van der Waals surface area contributed by atoms with Gasteiger partial charge in [-0.25, -0.2) is 0 Å². The largest absolute Gasteiger partial charge is 0.504 e. The molecule has 1 aliphatic carbocycles. The minimum atomic E-state index is -0.260. The molecule has 0 saturated heterocycles. The molecule has 2 aromatic rings. The maximum Gasteiger partial charge on any atom is 0.163 e. The highest BCUT2D eigenvalue weighted by Crippen LogP contribution is 2.45. The molecule has 4 rings (SSSR count). The molecule has 43 heavy (non-hydrogen) atoms. The normalized spacial score (nSPS) is 17.8. The standard InChI is InChI=1S/C37H48N2O4/c1-3-17-37(18-7-8-19-37)20-9-12-32(40)25-33(41)16-15-28-23-35(43-2)34(42)22-30(28)21-31-26-39-36(38)24-29(31)14-13-27-10-5-4-6-11-27/h4-6,10-11,15-16,22-24,26,36,39,42H,3,7-9,12-14,17-21,25,38H2,1-2H3. The monoisotopic (exact) mass is 584 g/mol. The number of methoxy groups -OCH3 is 1. The maximum atomic E-state index is 12.8. The minimum Gasteiger partial charge on any atom is -0.504 e. The fraction of sp³-hybridized carbons (Fsp3) is 0.459. The van der Waals surface area contributed by atoms with Gasteiger partial charge >= 0.3 is 0 Å². The first kappa shape index (κ1) is 32.3. The lowest BCUT2D eigenvalue weighted by molar-refractivity contribution is -0.124. The van der Waals surface area contributed by atoms with E-state index in [0.29, 0.717) is 24.0 Å². The summed E-state index contributed by atoms with van der Waals surface area (Å²) in [4.78, 5) is 25.5. The highest BCUT2D eigenvalue weighted by atomic mass is 16.5. The number of nitrogens with one attached hydrogen (secondary N) is 1. The van der Waals surface area contributed by atoms with Gasteiger partial charge in [0.15, 0.2) is 17.3 Å². The van der Waals surface area contributed by atoms with Crippen LogP contribution in [-0.2, 0) is 22.4 Å². The van der Waals surface area contributed by atoms with Crippen LogP contribution >= 0.6 is 0 Å². The van der Waals surface area contributed by atoms with E-state index in [9.17, 15) is 14.7 Å². The Morgan fingerprint density at radius 2 is 1.86 bits per heavy atom. The molecule has 1 saturated carbocycles. The fourth-order valence-electron chi connectivity index (χ4n) is 6.76. The number of aromatic hydroxyl groups is 1. The van der Waals surface area contributed by atoms with Gasteiger partial charge in [-0.1, -0.05) is 62.6 Å². The number of ether oxygens (including phenoxy) is 1. The first-order chi connectivity index (χ1) is 20.8. The molecule has 6 nitrogen and oxygen atoms in total. The summed E-state index contributed by atoms with van der Waals surface area (Å²) in [5.41, 5.74) is 11.7. The number of aryl methyl sites for hydroxylation is 1. The van der Waals surface area contributed by atoms with Crippen molar-refractivity contribution in [2.45, 2.75) is 96.6 Å². The molecular weight excluding hydrogens is 536 g/mol. The lowest BCUT2D eigenvalue weighted by atomic mass is 9.77. The molecule has 1 unspecified atom stereocenters. The second-order valence-corrected chi connectivity index (χ2v) is 12.3. The summed E-state index contributed by atoms with van der Waals surface area (Å²) in [6, 6.07) is 13.8. The fourth-order valence-corrected chi connectivity index (χ4v) is 6.76. The SMILES string of the molecule is CCCC1(CCCC(=O)CC(=O)C=Cc2cc(OC)c(O)cc2CC2=CNC(N)C=C2CCc2ccccc2)CCCC1. The van der Waals surface area contributed by atoms with Crippen LogP contribution in [0.2, 0.25) is 0 Å². The molecule has 0 radical (unpaired) electrons. The summed E-state index contributed by atoms with van der Waals surface area (Å²) in [6.07, 6.45) is 19.1. The molecule has 0 aromatic heterocycles. The minimum absolute atomic E-state index is 0.00535. The quantitative estimate of drug-likeness (QED) is 0.141. The Labute approximate surface area is 257 Å². The van der Waals surface area contributed by atoms with Gasteiger partial charge in [-0.15, -0.1) is 0 Å². The number of hydrogen-bond acceptors (Lipinski definition) is 6. The Balaban J connectivity index is 1.40. The molecule has 2 aliphatic rings. The Morgan fingerprint density at radius 3 is 2.58 bits per heavy atom. The van der Waals surface area contributed by atoms with Crippen LogP contribution in [-0.4, -0.2) is 29.9 Å². The maximum absolute atomic E-state index is 12.8. The van der Waals surface area contributed by atoms with Gasteiger partial charge in [0, 0.05) is 12.6 Å². The Kier molecular flexibility index (Phi) is 11.8. The van der Waals surface area contributed by atoms with Crippen molar-refractivity contribution in [3.05, 3.63) is 88.7 Å². The summed E-state index contributed by atoms with van der Waals surface area (Å²) >= 11 is 0. The number of allylic oxidation sites excluding steroid dienone is 3. The number of dihydropyridines is 1. The van der Waals surface area contributed by atoms with E-state index in [-0.39, 0.29) is 29.9 Å². The van der Waals surface area contributed by atoms with Gasteiger partial charge in [0.25, 0.3) is 0 Å². The van der Waals surface area contributed by atoms with E-state index in [1.807, 2.05) is 30.5 Å². The topological polar surface area (TPSA) is 102 Å². The number of benzene rings is 2.